The molecule has 0 spiro atoms. The molecule has 5 heteroatoms. The molecular formula is C9H10N4O. The largest absolute Gasteiger partial charge is 0.306 e. The molecule has 0 aromatic carbocycles. The third-order valence-corrected chi connectivity index (χ3v) is 1.96. The summed E-state index contributed by atoms with van der Waals surface area (Å²) < 4.78 is 1.79. The summed E-state index contributed by atoms with van der Waals surface area (Å²) in [4.78, 5) is 15.3. The minimum absolute atomic E-state index is 0.318. The maximum Gasteiger partial charge on any atom is 0.285 e. The topological polar surface area (TPSA) is 72.4 Å². The van der Waals surface area contributed by atoms with E-state index in [0.29, 0.717) is 5.69 Å². The Bertz CT molecular complexity index is 489. The lowest BCUT2D eigenvalue weighted by atomic mass is 10.3. The van der Waals surface area contributed by atoms with Gasteiger partial charge in [-0.05, 0) is 18.6 Å². The van der Waals surface area contributed by atoms with Crippen molar-refractivity contribution in [3.05, 3.63) is 35.8 Å². The molecule has 0 aliphatic heterocycles. The fourth-order valence-corrected chi connectivity index (χ4v) is 1.29. The number of carbonyl (C=O) groups is 1. The number of fused-ring (bicyclic) bond motifs is 1. The number of nitrogens with two attached hydrogens (primary N) is 1. The first kappa shape index (κ1) is 8.71. The number of imidazole rings is 1. The second-order valence-corrected chi connectivity index (χ2v) is 3.07. The number of pyridine rings is 1. The van der Waals surface area contributed by atoms with Crippen LogP contribution in [-0.4, -0.2) is 15.3 Å². The highest BCUT2D eigenvalue weighted by atomic mass is 16.2. The van der Waals surface area contributed by atoms with Gasteiger partial charge in [0.25, 0.3) is 5.91 Å². The zero-order valence-electron chi connectivity index (χ0n) is 7.69. The van der Waals surface area contributed by atoms with Crippen LogP contribution < -0.4 is 11.3 Å². The maximum atomic E-state index is 11.2. The smallest absolute Gasteiger partial charge is 0.285 e. The minimum Gasteiger partial charge on any atom is -0.306 e. The highest BCUT2D eigenvalue weighted by Crippen LogP contribution is 2.06. The Kier molecular flexibility index (Phi) is 1.94. The van der Waals surface area contributed by atoms with Crippen LogP contribution in [0.3, 0.4) is 0 Å². The quantitative estimate of drug-likeness (QED) is 0.384. The van der Waals surface area contributed by atoms with Crippen molar-refractivity contribution >= 4 is 11.6 Å². The van der Waals surface area contributed by atoms with E-state index in [1.807, 2.05) is 30.7 Å². The van der Waals surface area contributed by atoms with Gasteiger partial charge in [-0.3, -0.25) is 10.2 Å². The van der Waals surface area contributed by atoms with Crippen molar-refractivity contribution in [2.24, 2.45) is 5.84 Å². The molecule has 0 fully saturated rings. The first-order chi connectivity index (χ1) is 6.70. The molecule has 72 valence electrons. The molecule has 0 aliphatic rings. The van der Waals surface area contributed by atoms with Crippen LogP contribution in [0.25, 0.3) is 5.65 Å². The molecule has 14 heavy (non-hydrogen) atoms. The van der Waals surface area contributed by atoms with E-state index in [1.165, 1.54) is 0 Å². The average Bonchev–Trinajstić information content (AvgIpc) is 2.59. The molecule has 2 aromatic rings. The van der Waals surface area contributed by atoms with Gasteiger partial charge < -0.3 is 4.40 Å². The molecular weight excluding hydrogens is 180 g/mol. The summed E-state index contributed by atoms with van der Waals surface area (Å²) in [6.45, 7) is 1.97. The van der Waals surface area contributed by atoms with Crippen molar-refractivity contribution in [2.75, 3.05) is 0 Å². The van der Waals surface area contributed by atoms with Gasteiger partial charge in [0, 0.05) is 12.4 Å². The third kappa shape index (κ3) is 1.33. The fourth-order valence-electron chi connectivity index (χ4n) is 1.29. The zero-order chi connectivity index (χ0) is 10.1. The summed E-state index contributed by atoms with van der Waals surface area (Å²) in [5, 5.41) is 0. The molecule has 3 N–H and O–H groups in total. The van der Waals surface area contributed by atoms with Gasteiger partial charge in [-0.1, -0.05) is 6.07 Å². The number of nitrogens with one attached hydrogen (secondary N) is 1. The standard InChI is InChI=1S/C9H10N4O/c1-6-2-3-8-11-7(9(14)12-10)5-13(8)4-6/h2-5H,10H2,1H3,(H,12,14). The van der Waals surface area contributed by atoms with Crippen LogP contribution in [0.5, 0.6) is 0 Å². The number of hydrogen-bond acceptors (Lipinski definition) is 3. The van der Waals surface area contributed by atoms with Gasteiger partial charge in [0.05, 0.1) is 0 Å². The molecule has 2 heterocycles. The molecule has 0 bridgehead atoms. The van der Waals surface area contributed by atoms with E-state index in [4.69, 9.17) is 5.84 Å². The van der Waals surface area contributed by atoms with Gasteiger partial charge in [-0.15, -0.1) is 0 Å². The Morgan fingerprint density at radius 1 is 1.50 bits per heavy atom. The Labute approximate surface area is 80.5 Å². The van der Waals surface area contributed by atoms with E-state index in [9.17, 15) is 4.79 Å². The Hall–Kier alpha value is -1.88. The van der Waals surface area contributed by atoms with Gasteiger partial charge in [0.1, 0.15) is 11.3 Å². The lowest BCUT2D eigenvalue weighted by Crippen LogP contribution is -2.30. The van der Waals surface area contributed by atoms with E-state index >= 15 is 0 Å². The van der Waals surface area contributed by atoms with Crippen LogP contribution in [0, 0.1) is 6.92 Å². The van der Waals surface area contributed by atoms with Crippen molar-refractivity contribution in [1.82, 2.24) is 14.8 Å². The van der Waals surface area contributed by atoms with Crippen LogP contribution in [-0.2, 0) is 0 Å². The van der Waals surface area contributed by atoms with Crippen LogP contribution >= 0.6 is 0 Å². The lowest BCUT2D eigenvalue weighted by molar-refractivity contribution is 0.0949. The molecule has 0 aliphatic carbocycles. The Balaban J connectivity index is 2.56. The third-order valence-electron chi connectivity index (χ3n) is 1.96. The minimum atomic E-state index is -0.383. The number of carbonyl (C=O) groups excluding carboxylic acids is 1. The summed E-state index contributed by atoms with van der Waals surface area (Å²) >= 11 is 0. The second-order valence-electron chi connectivity index (χ2n) is 3.07. The summed E-state index contributed by atoms with van der Waals surface area (Å²) in [7, 11) is 0. The van der Waals surface area contributed by atoms with Crippen molar-refractivity contribution in [1.29, 1.82) is 0 Å². The normalized spacial score (nSPS) is 10.4. The number of nitrogen functional groups attached to an aromatic ring is 1. The summed E-state index contributed by atoms with van der Waals surface area (Å²) in [5.74, 6) is 4.62. The van der Waals surface area contributed by atoms with Gasteiger partial charge in [-0.25, -0.2) is 10.8 Å². The number of aromatic nitrogens is 2. The van der Waals surface area contributed by atoms with Crippen molar-refractivity contribution in [3.63, 3.8) is 0 Å². The summed E-state index contributed by atoms with van der Waals surface area (Å²) in [6.07, 6.45) is 3.54. The molecule has 0 radical (unpaired) electrons. The van der Waals surface area contributed by atoms with E-state index in [2.05, 4.69) is 4.98 Å². The van der Waals surface area contributed by atoms with Crippen molar-refractivity contribution in [3.8, 4) is 0 Å². The monoisotopic (exact) mass is 190 g/mol. The van der Waals surface area contributed by atoms with Gasteiger partial charge in [0.2, 0.25) is 0 Å². The number of hydrogen-bond donors (Lipinski definition) is 2. The molecule has 0 saturated carbocycles. The number of rotatable bonds is 1. The van der Waals surface area contributed by atoms with Crippen LogP contribution in [0.1, 0.15) is 16.1 Å². The predicted octanol–water partition coefficient (Wildman–Crippen LogP) is 0.246. The molecule has 0 atom stereocenters. The maximum absolute atomic E-state index is 11.2. The van der Waals surface area contributed by atoms with E-state index < -0.39 is 0 Å². The van der Waals surface area contributed by atoms with E-state index in [1.54, 1.807) is 10.6 Å². The fraction of sp³-hybridized carbons (Fsp3) is 0.111. The van der Waals surface area contributed by atoms with Gasteiger partial charge >= 0.3 is 0 Å². The van der Waals surface area contributed by atoms with Gasteiger partial charge in [0.15, 0.2) is 0 Å². The van der Waals surface area contributed by atoms with Crippen molar-refractivity contribution < 1.29 is 4.79 Å². The van der Waals surface area contributed by atoms with Crippen molar-refractivity contribution in [2.45, 2.75) is 6.92 Å². The summed E-state index contributed by atoms with van der Waals surface area (Å²) in [5.41, 5.74) is 4.20. The SMILES string of the molecule is Cc1ccc2nc(C(=O)NN)cn2c1. The Morgan fingerprint density at radius 2 is 2.29 bits per heavy atom. The molecule has 1 amide bonds. The predicted molar refractivity (Wildman–Crippen MR) is 51.6 cm³/mol. The number of amides is 1. The molecule has 5 nitrogen and oxygen atoms in total. The lowest BCUT2D eigenvalue weighted by Gasteiger charge is -1.92. The van der Waals surface area contributed by atoms with Crippen LogP contribution in [0.15, 0.2) is 24.5 Å². The van der Waals surface area contributed by atoms with Crippen LogP contribution in [0.2, 0.25) is 0 Å². The van der Waals surface area contributed by atoms with Crippen LogP contribution in [0.4, 0.5) is 0 Å². The summed E-state index contributed by atoms with van der Waals surface area (Å²) in [6, 6.07) is 3.79. The number of aryl methyl sites for hydroxylation is 1. The molecule has 2 aromatic heterocycles. The second kappa shape index (κ2) is 3.12. The molecule has 2 rings (SSSR count). The van der Waals surface area contributed by atoms with E-state index in [0.717, 1.165) is 11.2 Å². The number of nitrogens with zero attached hydrogens (tertiary/aromatic N) is 2. The first-order valence-corrected chi connectivity index (χ1v) is 4.17. The highest BCUT2D eigenvalue weighted by Gasteiger charge is 2.08. The average molecular weight is 190 g/mol. The Morgan fingerprint density at radius 3 is 3.00 bits per heavy atom. The first-order valence-electron chi connectivity index (χ1n) is 4.17. The molecule has 0 saturated heterocycles. The molecule has 0 unspecified atom stereocenters. The highest BCUT2D eigenvalue weighted by molar-refractivity contribution is 5.92. The zero-order valence-corrected chi connectivity index (χ0v) is 7.69. The van der Waals surface area contributed by atoms with Gasteiger partial charge in [-0.2, -0.15) is 0 Å². The van der Waals surface area contributed by atoms with E-state index in [-0.39, 0.29) is 5.91 Å². The number of hydrazine groups is 1.